The smallest absolute Gasteiger partial charge is 0.264 e. The van der Waals surface area contributed by atoms with Crippen LogP contribution >= 0.6 is 12.4 Å². The summed E-state index contributed by atoms with van der Waals surface area (Å²) < 4.78 is 0. The Morgan fingerprint density at radius 3 is 2.50 bits per heavy atom. The molecule has 6 N–H and O–H groups in total. The lowest BCUT2D eigenvalue weighted by molar-refractivity contribution is -0.136. The zero-order valence-corrected chi connectivity index (χ0v) is 17.8. The molecule has 1 saturated heterocycles. The first-order chi connectivity index (χ1) is 14.8. The maximum Gasteiger partial charge on any atom is 0.264 e. The van der Waals surface area contributed by atoms with Crippen LogP contribution in [-0.2, 0) is 19.2 Å². The van der Waals surface area contributed by atoms with Crippen LogP contribution < -0.4 is 27.0 Å². The molecule has 13 heteroatoms. The molecule has 2 aliphatic heterocycles. The third-order valence-electron chi connectivity index (χ3n) is 4.86. The Morgan fingerprint density at radius 2 is 1.81 bits per heavy atom. The fourth-order valence-electron chi connectivity index (χ4n) is 3.37. The standard InChI is InChI=1S/C19H22N6O6.ClH/c20-8-14(27)23-9-15(28)22-7-6-21-11-3-1-2-10-16(11)19(31)25(18(10)30)12-4-5-13(26)24-17(12)29;/h1-3,12,21H,4-9,20H2,(H,22,28)(H,23,27)(H,24,26,29);1H. The average Bonchev–Trinajstić information content (AvgIpc) is 3.00. The minimum atomic E-state index is -1.04. The second-order valence-corrected chi connectivity index (χ2v) is 6.93. The largest absolute Gasteiger partial charge is 0.383 e. The summed E-state index contributed by atoms with van der Waals surface area (Å²) >= 11 is 0. The molecule has 0 aliphatic carbocycles. The van der Waals surface area contributed by atoms with Crippen molar-refractivity contribution in [2.24, 2.45) is 5.73 Å². The van der Waals surface area contributed by atoms with E-state index in [1.807, 2.05) is 0 Å². The molecule has 1 aromatic rings. The van der Waals surface area contributed by atoms with Crippen molar-refractivity contribution in [1.29, 1.82) is 0 Å². The van der Waals surface area contributed by atoms with E-state index in [1.54, 1.807) is 12.1 Å². The molecule has 2 aliphatic rings. The Balaban J connectivity index is 0.00000363. The molecular formula is C19H23ClN6O6. The number of amides is 6. The van der Waals surface area contributed by atoms with Crippen LogP contribution in [0.4, 0.5) is 5.69 Å². The quantitative estimate of drug-likeness (QED) is 0.218. The van der Waals surface area contributed by atoms with Gasteiger partial charge in [0, 0.05) is 25.2 Å². The number of carbonyl (C=O) groups excluding carboxylic acids is 6. The lowest BCUT2D eigenvalue weighted by Gasteiger charge is -2.27. The fourth-order valence-corrected chi connectivity index (χ4v) is 3.37. The van der Waals surface area contributed by atoms with E-state index in [-0.39, 0.29) is 62.6 Å². The number of nitrogens with two attached hydrogens (primary N) is 1. The van der Waals surface area contributed by atoms with E-state index in [9.17, 15) is 28.8 Å². The molecule has 2 heterocycles. The number of benzene rings is 1. The summed E-state index contributed by atoms with van der Waals surface area (Å²) in [7, 11) is 0. The maximum absolute atomic E-state index is 13.0. The van der Waals surface area contributed by atoms with E-state index < -0.39 is 41.5 Å². The van der Waals surface area contributed by atoms with E-state index in [0.717, 1.165) is 4.90 Å². The van der Waals surface area contributed by atoms with Crippen LogP contribution in [0.2, 0.25) is 0 Å². The predicted molar refractivity (Wildman–Crippen MR) is 114 cm³/mol. The van der Waals surface area contributed by atoms with Gasteiger partial charge >= 0.3 is 0 Å². The highest BCUT2D eigenvalue weighted by Crippen LogP contribution is 2.32. The summed E-state index contributed by atoms with van der Waals surface area (Å²) in [6.45, 7) is 0.0219. The van der Waals surface area contributed by atoms with Crippen molar-refractivity contribution in [3.05, 3.63) is 29.3 Å². The first-order valence-electron chi connectivity index (χ1n) is 9.65. The van der Waals surface area contributed by atoms with Gasteiger partial charge in [0.1, 0.15) is 6.04 Å². The van der Waals surface area contributed by atoms with Gasteiger partial charge in [0.15, 0.2) is 0 Å². The zero-order valence-electron chi connectivity index (χ0n) is 16.9. The molecule has 0 bridgehead atoms. The molecule has 12 nitrogen and oxygen atoms in total. The first-order valence-corrected chi connectivity index (χ1v) is 9.65. The number of fused-ring (bicyclic) bond motifs is 1. The van der Waals surface area contributed by atoms with Crippen molar-refractivity contribution < 1.29 is 28.8 Å². The van der Waals surface area contributed by atoms with Crippen LogP contribution in [0.25, 0.3) is 0 Å². The van der Waals surface area contributed by atoms with Crippen molar-refractivity contribution in [1.82, 2.24) is 20.9 Å². The normalized spacial score (nSPS) is 17.3. The van der Waals surface area contributed by atoms with Crippen molar-refractivity contribution in [2.75, 3.05) is 31.5 Å². The average molecular weight is 467 g/mol. The number of imide groups is 2. The van der Waals surface area contributed by atoms with E-state index in [1.165, 1.54) is 6.07 Å². The van der Waals surface area contributed by atoms with Crippen molar-refractivity contribution in [2.45, 2.75) is 18.9 Å². The van der Waals surface area contributed by atoms with Crippen LogP contribution in [0, 0.1) is 0 Å². The Hall–Kier alpha value is -3.51. The monoisotopic (exact) mass is 466 g/mol. The third kappa shape index (κ3) is 5.21. The summed E-state index contributed by atoms with van der Waals surface area (Å²) in [5, 5.41) is 10.1. The van der Waals surface area contributed by atoms with E-state index >= 15 is 0 Å². The van der Waals surface area contributed by atoms with Crippen LogP contribution in [-0.4, -0.2) is 72.6 Å². The molecule has 172 valence electrons. The first kappa shape index (κ1) is 24.8. The van der Waals surface area contributed by atoms with Gasteiger partial charge in [-0.15, -0.1) is 12.4 Å². The minimum Gasteiger partial charge on any atom is -0.383 e. The Kier molecular flexibility index (Phi) is 8.27. The molecule has 1 fully saturated rings. The van der Waals surface area contributed by atoms with Gasteiger partial charge in [-0.05, 0) is 18.6 Å². The zero-order chi connectivity index (χ0) is 22.5. The van der Waals surface area contributed by atoms with E-state index in [4.69, 9.17) is 5.73 Å². The van der Waals surface area contributed by atoms with Gasteiger partial charge in [0.2, 0.25) is 23.6 Å². The van der Waals surface area contributed by atoms with Gasteiger partial charge in [-0.25, -0.2) is 0 Å². The van der Waals surface area contributed by atoms with Crippen LogP contribution in [0.15, 0.2) is 18.2 Å². The molecule has 3 rings (SSSR count). The molecular weight excluding hydrogens is 444 g/mol. The maximum atomic E-state index is 13.0. The molecule has 32 heavy (non-hydrogen) atoms. The summed E-state index contributed by atoms with van der Waals surface area (Å²) in [4.78, 5) is 72.8. The fraction of sp³-hybridized carbons (Fsp3) is 0.368. The van der Waals surface area contributed by atoms with Crippen LogP contribution in [0.1, 0.15) is 33.6 Å². The molecule has 1 aromatic carbocycles. The summed E-state index contributed by atoms with van der Waals surface area (Å²) in [5.74, 6) is -3.18. The number of rotatable bonds is 8. The Labute approximate surface area is 189 Å². The van der Waals surface area contributed by atoms with Gasteiger partial charge in [-0.3, -0.25) is 39.0 Å². The van der Waals surface area contributed by atoms with E-state index in [2.05, 4.69) is 21.3 Å². The van der Waals surface area contributed by atoms with Crippen LogP contribution in [0.5, 0.6) is 0 Å². The number of hydrogen-bond donors (Lipinski definition) is 5. The molecule has 0 spiro atoms. The highest BCUT2D eigenvalue weighted by Gasteiger charge is 2.45. The van der Waals surface area contributed by atoms with Crippen LogP contribution in [0.3, 0.4) is 0 Å². The number of hydrogen-bond acceptors (Lipinski definition) is 8. The molecule has 1 atom stereocenters. The summed E-state index contributed by atoms with van der Waals surface area (Å²) in [6, 6.07) is 3.66. The molecule has 0 aromatic heterocycles. The van der Waals surface area contributed by atoms with Crippen molar-refractivity contribution in [3.63, 3.8) is 0 Å². The van der Waals surface area contributed by atoms with Crippen molar-refractivity contribution in [3.8, 4) is 0 Å². The highest BCUT2D eigenvalue weighted by molar-refractivity contribution is 6.25. The lowest BCUT2D eigenvalue weighted by Crippen LogP contribution is -2.54. The number of nitrogens with one attached hydrogen (secondary N) is 4. The number of anilines is 1. The summed E-state index contributed by atoms with van der Waals surface area (Å²) in [6.07, 6.45) is 0.117. The number of piperidine rings is 1. The molecule has 0 radical (unpaired) electrons. The van der Waals surface area contributed by atoms with Gasteiger partial charge < -0.3 is 21.7 Å². The number of halogens is 1. The predicted octanol–water partition coefficient (Wildman–Crippen LogP) is -1.89. The molecule has 6 amide bonds. The van der Waals surface area contributed by atoms with Gasteiger partial charge in [0.05, 0.1) is 24.2 Å². The van der Waals surface area contributed by atoms with Gasteiger partial charge in [-0.1, -0.05) is 6.07 Å². The second kappa shape index (κ2) is 10.7. The molecule has 1 unspecified atom stereocenters. The van der Waals surface area contributed by atoms with Gasteiger partial charge in [0.25, 0.3) is 11.8 Å². The summed E-state index contributed by atoms with van der Waals surface area (Å²) in [5.41, 5.74) is 5.82. The SMILES string of the molecule is Cl.NCC(=O)NCC(=O)NCCNc1cccc2c1C(=O)N(C1CCC(=O)NC1=O)C2=O. The molecule has 0 saturated carbocycles. The highest BCUT2D eigenvalue weighted by atomic mass is 35.5. The topological polar surface area (TPSA) is 180 Å². The third-order valence-corrected chi connectivity index (χ3v) is 4.86. The second-order valence-electron chi connectivity index (χ2n) is 6.93. The number of carbonyl (C=O) groups is 6. The van der Waals surface area contributed by atoms with Crippen molar-refractivity contribution >= 4 is 53.5 Å². The number of nitrogens with zero attached hydrogens (tertiary/aromatic N) is 1. The van der Waals surface area contributed by atoms with Gasteiger partial charge in [-0.2, -0.15) is 0 Å². The lowest BCUT2D eigenvalue weighted by atomic mass is 10.0. The van der Waals surface area contributed by atoms with E-state index in [0.29, 0.717) is 5.69 Å². The minimum absolute atomic E-state index is 0. The Morgan fingerprint density at radius 1 is 1.06 bits per heavy atom. The Bertz CT molecular complexity index is 968.